The van der Waals surface area contributed by atoms with E-state index in [9.17, 15) is 21.6 Å². The van der Waals surface area contributed by atoms with Crippen LogP contribution in [-0.2, 0) is 30.7 Å². The Morgan fingerprint density at radius 1 is 1.08 bits per heavy atom. The molecule has 1 saturated carbocycles. The van der Waals surface area contributed by atoms with Crippen LogP contribution < -0.4 is 4.72 Å². The molecule has 0 unspecified atom stereocenters. The van der Waals surface area contributed by atoms with Crippen LogP contribution in [0.1, 0.15) is 43.5 Å². The van der Waals surface area contributed by atoms with Crippen molar-refractivity contribution < 1.29 is 26.4 Å². The molecule has 3 aromatic heterocycles. The van der Waals surface area contributed by atoms with Crippen LogP contribution in [0.2, 0.25) is 0 Å². The van der Waals surface area contributed by atoms with E-state index < -0.39 is 32.4 Å². The van der Waals surface area contributed by atoms with Gasteiger partial charge in [-0.05, 0) is 30.4 Å². The van der Waals surface area contributed by atoms with Crippen LogP contribution in [0, 0.1) is 5.92 Å². The highest BCUT2D eigenvalue weighted by atomic mass is 32.2. The first-order valence-electron chi connectivity index (χ1n) is 12.6. The zero-order valence-electron chi connectivity index (χ0n) is 21.0. The minimum atomic E-state index is -4.05. The number of ether oxygens (including phenoxy) is 1. The third kappa shape index (κ3) is 4.53. The third-order valence-electron chi connectivity index (χ3n) is 7.43. The number of fused-ring (bicyclic) bond motifs is 3. The van der Waals surface area contributed by atoms with Gasteiger partial charge in [0.25, 0.3) is 0 Å². The van der Waals surface area contributed by atoms with Gasteiger partial charge in [-0.3, -0.25) is 4.40 Å². The van der Waals surface area contributed by atoms with Crippen molar-refractivity contribution in [2.45, 2.75) is 43.9 Å². The quantitative estimate of drug-likeness (QED) is 0.333. The maximum absolute atomic E-state index is 13.3. The molecule has 206 valence electrons. The highest BCUT2D eigenvalue weighted by molar-refractivity contribution is 7.89. The van der Waals surface area contributed by atoms with Gasteiger partial charge in [-0.15, -0.1) is 10.2 Å². The zero-order chi connectivity index (χ0) is 27.4. The molecule has 2 aliphatic rings. The predicted octanol–water partition coefficient (Wildman–Crippen LogP) is 2.02. The van der Waals surface area contributed by atoms with Crippen molar-refractivity contribution in [2.75, 3.05) is 13.2 Å². The van der Waals surface area contributed by atoms with Crippen LogP contribution in [0.5, 0.6) is 0 Å². The van der Waals surface area contributed by atoms with Crippen LogP contribution >= 0.6 is 0 Å². The van der Waals surface area contributed by atoms with Gasteiger partial charge in [-0.25, -0.2) is 22.2 Å². The number of nitrogens with zero attached hydrogens (tertiary/aromatic N) is 6. The number of hydrogen-bond acceptors (Lipinski definition) is 9. The van der Waals surface area contributed by atoms with Crippen LogP contribution in [0.25, 0.3) is 16.8 Å². The number of carbonyl (C=O) groups is 1. The summed E-state index contributed by atoms with van der Waals surface area (Å²) >= 11 is 0. The molecule has 1 amide bonds. The average Bonchev–Trinajstić information content (AvgIpc) is 3.68. The predicted molar refractivity (Wildman–Crippen MR) is 140 cm³/mol. The summed E-state index contributed by atoms with van der Waals surface area (Å²) in [5, 5.41) is 8.72. The molecule has 4 heterocycles. The fourth-order valence-electron chi connectivity index (χ4n) is 5.63. The summed E-state index contributed by atoms with van der Waals surface area (Å²) in [7, 11) is -7.80. The smallest absolute Gasteiger partial charge is 0.424 e. The van der Waals surface area contributed by atoms with Gasteiger partial charge in [0.1, 0.15) is 12.4 Å². The SMILES string of the molecule is CC[C@@H]1C[C@H](NS(=O)(=O)N2CCOC2=O)C[C@@H]1c1nnc2cnc3c(ccn3S(=O)(=O)Cc3ccccc3)n12. The maximum atomic E-state index is 13.3. The van der Waals surface area contributed by atoms with Crippen molar-refractivity contribution in [3.8, 4) is 0 Å². The standard InChI is InChI=1S/C24H27N7O6S2/c1-2-17-12-18(28-39(35,36)30-10-11-37-24(30)32)13-19(17)22-27-26-21-14-25-23-20(31(21)22)8-9-29(23)38(33,34)15-16-6-4-3-5-7-16/h3-9,14,17-19,28H,2,10-13,15H2,1H3/t17-,18+,19+/m1/s1. The summed E-state index contributed by atoms with van der Waals surface area (Å²) in [5.41, 5.74) is 1.94. The van der Waals surface area contributed by atoms with Crippen LogP contribution in [-0.4, -0.2) is 70.0 Å². The monoisotopic (exact) mass is 573 g/mol. The van der Waals surface area contributed by atoms with E-state index in [0.717, 1.165) is 6.42 Å². The van der Waals surface area contributed by atoms with Gasteiger partial charge in [0.2, 0.25) is 10.0 Å². The lowest BCUT2D eigenvalue weighted by Crippen LogP contribution is -2.45. The normalized spacial score (nSPS) is 22.2. The Kier molecular flexibility index (Phi) is 6.31. The second kappa shape index (κ2) is 9.57. The van der Waals surface area contributed by atoms with Crippen molar-refractivity contribution in [3.05, 3.63) is 60.2 Å². The Bertz CT molecular complexity index is 1770. The van der Waals surface area contributed by atoms with Gasteiger partial charge >= 0.3 is 16.3 Å². The fraction of sp³-hybridized carbons (Fsp3) is 0.417. The van der Waals surface area contributed by atoms with Gasteiger partial charge in [0.05, 0.1) is 24.0 Å². The first kappa shape index (κ1) is 25.7. The summed E-state index contributed by atoms with van der Waals surface area (Å²) in [5.74, 6) is 0.366. The highest BCUT2D eigenvalue weighted by Gasteiger charge is 2.41. The Morgan fingerprint density at radius 2 is 1.87 bits per heavy atom. The molecule has 2 fully saturated rings. The molecular formula is C24H27N7O6S2. The number of amides is 1. The fourth-order valence-corrected chi connectivity index (χ4v) is 8.34. The minimum absolute atomic E-state index is 0.0223. The molecule has 0 bridgehead atoms. The van der Waals surface area contributed by atoms with Crippen molar-refractivity contribution in [3.63, 3.8) is 0 Å². The van der Waals surface area contributed by atoms with Crippen LogP contribution in [0.15, 0.2) is 48.8 Å². The molecule has 1 aliphatic carbocycles. The maximum Gasteiger partial charge on any atom is 0.424 e. The van der Waals surface area contributed by atoms with Gasteiger partial charge < -0.3 is 4.74 Å². The summed E-state index contributed by atoms with van der Waals surface area (Å²) in [6, 6.07) is 10.2. The van der Waals surface area contributed by atoms with Crippen molar-refractivity contribution in [1.82, 2.24) is 32.6 Å². The van der Waals surface area contributed by atoms with E-state index in [1.54, 1.807) is 34.7 Å². The lowest BCUT2D eigenvalue weighted by molar-refractivity contribution is 0.169. The molecule has 1 saturated heterocycles. The number of hydrogen-bond donors (Lipinski definition) is 1. The van der Waals surface area contributed by atoms with Crippen LogP contribution in [0.3, 0.4) is 0 Å². The third-order valence-corrected chi connectivity index (χ3v) is 10.6. The number of aromatic nitrogens is 5. The zero-order valence-corrected chi connectivity index (χ0v) is 22.7. The molecule has 1 N–H and O–H groups in total. The largest absolute Gasteiger partial charge is 0.447 e. The lowest BCUT2D eigenvalue weighted by atomic mass is 9.93. The minimum Gasteiger partial charge on any atom is -0.447 e. The molecule has 13 nitrogen and oxygen atoms in total. The molecule has 0 spiro atoms. The first-order valence-corrected chi connectivity index (χ1v) is 15.7. The van der Waals surface area contributed by atoms with E-state index >= 15 is 0 Å². The van der Waals surface area contributed by atoms with Gasteiger partial charge in [0.15, 0.2) is 11.3 Å². The van der Waals surface area contributed by atoms with Crippen molar-refractivity contribution in [1.29, 1.82) is 0 Å². The van der Waals surface area contributed by atoms with Gasteiger partial charge in [-0.1, -0.05) is 43.7 Å². The van der Waals surface area contributed by atoms with E-state index in [1.165, 1.54) is 16.4 Å². The number of benzene rings is 1. The number of rotatable bonds is 8. The Morgan fingerprint density at radius 3 is 2.59 bits per heavy atom. The topological polar surface area (TPSA) is 158 Å². The second-order valence-electron chi connectivity index (χ2n) is 9.82. The summed E-state index contributed by atoms with van der Waals surface area (Å²) < 4.78 is 63.3. The molecule has 4 aromatic rings. The Balaban J connectivity index is 1.33. The molecule has 3 atom stereocenters. The van der Waals surface area contributed by atoms with E-state index in [-0.39, 0.29) is 36.4 Å². The summed E-state index contributed by atoms with van der Waals surface area (Å²) in [6.07, 6.45) is 3.86. The first-order chi connectivity index (χ1) is 18.7. The van der Waals surface area contributed by atoms with Crippen molar-refractivity contribution >= 4 is 43.1 Å². The number of carbonyl (C=O) groups excluding carboxylic acids is 1. The molecular weight excluding hydrogens is 546 g/mol. The second-order valence-corrected chi connectivity index (χ2v) is 13.3. The average molecular weight is 574 g/mol. The van der Waals surface area contributed by atoms with E-state index in [4.69, 9.17) is 4.74 Å². The molecule has 1 aromatic carbocycles. The lowest BCUT2D eigenvalue weighted by Gasteiger charge is -2.18. The molecule has 39 heavy (non-hydrogen) atoms. The number of nitrogens with one attached hydrogen (secondary N) is 1. The Hall–Kier alpha value is -3.56. The molecule has 6 rings (SSSR count). The number of cyclic esters (lactones) is 1. The van der Waals surface area contributed by atoms with E-state index in [0.29, 0.717) is 39.7 Å². The molecule has 0 radical (unpaired) electrons. The summed E-state index contributed by atoms with van der Waals surface area (Å²) in [6.45, 7) is 2.03. The highest BCUT2D eigenvalue weighted by Crippen LogP contribution is 2.42. The van der Waals surface area contributed by atoms with E-state index in [1.807, 2.05) is 13.0 Å². The Labute approximate surface area is 225 Å². The summed E-state index contributed by atoms with van der Waals surface area (Å²) in [4.78, 5) is 16.2. The van der Waals surface area contributed by atoms with Gasteiger partial charge in [0, 0.05) is 18.2 Å². The van der Waals surface area contributed by atoms with Crippen molar-refractivity contribution in [2.24, 2.45) is 5.92 Å². The molecule has 1 aliphatic heterocycles. The molecule has 15 heteroatoms. The van der Waals surface area contributed by atoms with E-state index in [2.05, 4.69) is 19.9 Å². The van der Waals surface area contributed by atoms with Crippen LogP contribution in [0.4, 0.5) is 4.79 Å². The van der Waals surface area contributed by atoms with Gasteiger partial charge in [-0.2, -0.15) is 17.4 Å².